The minimum atomic E-state index is -1.49. The maximum atomic E-state index is 13.1. The molecule has 4 rings (SSSR count). The summed E-state index contributed by atoms with van der Waals surface area (Å²) in [6.07, 6.45) is -6.88. The number of benzene rings is 1. The second-order valence-corrected chi connectivity index (χ2v) is 10.2. The van der Waals surface area contributed by atoms with Crippen LogP contribution in [0, 0.1) is 11.7 Å². The van der Waals surface area contributed by atoms with Crippen molar-refractivity contribution in [2.75, 3.05) is 12.4 Å². The molecule has 0 spiro atoms. The van der Waals surface area contributed by atoms with Crippen molar-refractivity contribution in [3.8, 4) is 0 Å². The fourth-order valence-electron chi connectivity index (χ4n) is 4.57. The third kappa shape index (κ3) is 6.89. The summed E-state index contributed by atoms with van der Waals surface area (Å²) in [5.41, 5.74) is 1.27. The van der Waals surface area contributed by atoms with Crippen LogP contribution in [0.15, 0.2) is 29.1 Å². The summed E-state index contributed by atoms with van der Waals surface area (Å²) in [4.78, 5) is 61.1. The predicted molar refractivity (Wildman–Crippen MR) is 147 cm³/mol. The third-order valence-corrected chi connectivity index (χ3v) is 6.73. The molecule has 3 heterocycles. The Morgan fingerprint density at radius 3 is 2.07 bits per heavy atom. The van der Waals surface area contributed by atoms with E-state index in [9.17, 15) is 24.0 Å². The molecule has 1 aliphatic rings. The lowest BCUT2D eigenvalue weighted by molar-refractivity contribution is -0.270. The van der Waals surface area contributed by atoms with Crippen molar-refractivity contribution >= 4 is 41.9 Å². The predicted octanol–water partition coefficient (Wildman–Crippen LogP) is 0.291. The van der Waals surface area contributed by atoms with Gasteiger partial charge in [0, 0.05) is 34.1 Å². The fraction of sp³-hybridized carbons (Fsp3) is 0.462. The summed E-state index contributed by atoms with van der Waals surface area (Å²) < 4.78 is 30.4. The second kappa shape index (κ2) is 12.7. The van der Waals surface area contributed by atoms with E-state index in [4.69, 9.17) is 41.7 Å². The van der Waals surface area contributed by atoms with E-state index in [0.29, 0.717) is 0 Å². The Hall–Kier alpha value is -4.64. The van der Waals surface area contributed by atoms with E-state index in [2.05, 4.69) is 10.2 Å². The van der Waals surface area contributed by atoms with Gasteiger partial charge in [-0.25, -0.2) is 4.68 Å². The van der Waals surface area contributed by atoms with Crippen molar-refractivity contribution in [2.24, 2.45) is 0 Å². The van der Waals surface area contributed by atoms with Crippen LogP contribution in [0.3, 0.4) is 0 Å². The lowest BCUT2D eigenvalue weighted by atomic mass is 9.97. The molecule has 0 amide bonds. The summed E-state index contributed by atoms with van der Waals surface area (Å²) in [5.74, 6) is 2.87. The Morgan fingerprint density at radius 1 is 0.907 bits per heavy atom. The first-order chi connectivity index (χ1) is 20.3. The number of nitrogen functional groups attached to an aromatic ring is 1. The lowest BCUT2D eigenvalue weighted by Crippen LogP contribution is -2.60. The minimum Gasteiger partial charge on any atom is -0.463 e. The third-order valence-electron chi connectivity index (χ3n) is 6.37. The molecule has 1 aliphatic heterocycles. The van der Waals surface area contributed by atoms with Gasteiger partial charge in [0.25, 0.3) is 11.3 Å². The molecule has 0 saturated carbocycles. The zero-order chi connectivity index (χ0) is 31.6. The molecule has 5 atom stereocenters. The standard InChI is InChI=1S/C26H30N6O10S/c1-12-6-8-17(9-7-12)10-18-23(37)30(27)25-29-31(26(43)32(25)28-18)24-22(41-16(5)36)21(40-15(4)35)20(39-14(3)34)19(42-24)11-38-13(2)33/h6-9,19-22,24H,10-11,27H2,1-5H3/t19-,20-,21+,22-,24-/m1/s1. The Balaban J connectivity index is 1.86. The molecule has 17 heteroatoms. The van der Waals surface area contributed by atoms with Crippen LogP contribution in [0.4, 0.5) is 0 Å². The highest BCUT2D eigenvalue weighted by atomic mass is 32.1. The highest BCUT2D eigenvalue weighted by Crippen LogP contribution is 2.34. The van der Waals surface area contributed by atoms with E-state index >= 15 is 0 Å². The number of aryl methyl sites for hydroxylation is 1. The van der Waals surface area contributed by atoms with Gasteiger partial charge < -0.3 is 29.5 Å². The highest BCUT2D eigenvalue weighted by Gasteiger charge is 2.53. The molecule has 0 bridgehead atoms. The molecular formula is C26H30N6O10S. The molecule has 2 N–H and O–H groups in total. The van der Waals surface area contributed by atoms with E-state index in [1.807, 2.05) is 31.2 Å². The van der Waals surface area contributed by atoms with Crippen LogP contribution in [-0.2, 0) is 49.3 Å². The second-order valence-electron chi connectivity index (χ2n) is 9.81. The summed E-state index contributed by atoms with van der Waals surface area (Å²) in [5, 5.41) is 8.70. The number of nitrogens with two attached hydrogens (primary N) is 1. The molecular weight excluding hydrogens is 588 g/mol. The normalized spacial score (nSPS) is 21.7. The molecule has 1 saturated heterocycles. The molecule has 3 aromatic rings. The summed E-state index contributed by atoms with van der Waals surface area (Å²) in [6, 6.07) is 7.48. The minimum absolute atomic E-state index is 0.0658. The monoisotopic (exact) mass is 618 g/mol. The average molecular weight is 619 g/mol. The Bertz CT molecular complexity index is 1680. The van der Waals surface area contributed by atoms with Crippen LogP contribution in [0.25, 0.3) is 5.78 Å². The van der Waals surface area contributed by atoms with Crippen LogP contribution >= 0.6 is 12.2 Å². The first-order valence-corrected chi connectivity index (χ1v) is 13.4. The van der Waals surface area contributed by atoms with Crippen LogP contribution < -0.4 is 11.4 Å². The van der Waals surface area contributed by atoms with Crippen molar-refractivity contribution in [2.45, 2.75) is 71.7 Å². The summed E-state index contributed by atoms with van der Waals surface area (Å²) in [6.45, 7) is 5.96. The van der Waals surface area contributed by atoms with Crippen LogP contribution in [0.5, 0.6) is 0 Å². The molecule has 0 radical (unpaired) electrons. The van der Waals surface area contributed by atoms with Crippen molar-refractivity contribution in [1.82, 2.24) is 24.1 Å². The van der Waals surface area contributed by atoms with Crippen LogP contribution in [0.1, 0.15) is 50.7 Å². The lowest BCUT2D eigenvalue weighted by Gasteiger charge is -2.44. The van der Waals surface area contributed by atoms with Gasteiger partial charge in [0.05, 0.1) is 0 Å². The van der Waals surface area contributed by atoms with Crippen molar-refractivity contribution in [1.29, 1.82) is 0 Å². The number of nitrogens with zero attached hydrogens (tertiary/aromatic N) is 5. The molecule has 1 aromatic carbocycles. The van der Waals surface area contributed by atoms with Crippen molar-refractivity contribution < 1.29 is 42.9 Å². The Labute approximate surface area is 249 Å². The number of ether oxygens (including phenoxy) is 5. The quantitative estimate of drug-likeness (QED) is 0.156. The largest absolute Gasteiger partial charge is 0.463 e. The molecule has 43 heavy (non-hydrogen) atoms. The average Bonchev–Trinajstić information content (AvgIpc) is 3.24. The number of esters is 4. The smallest absolute Gasteiger partial charge is 0.303 e. The van der Waals surface area contributed by atoms with Gasteiger partial charge in [0.1, 0.15) is 18.4 Å². The molecule has 1 fully saturated rings. The first-order valence-electron chi connectivity index (χ1n) is 13.0. The topological polar surface area (TPSA) is 198 Å². The van der Waals surface area contributed by atoms with E-state index in [1.165, 1.54) is 0 Å². The number of carbonyl (C=O) groups is 4. The van der Waals surface area contributed by atoms with Gasteiger partial charge in [-0.05, 0) is 24.7 Å². The van der Waals surface area contributed by atoms with Gasteiger partial charge in [0.15, 0.2) is 24.5 Å². The number of hydrogen-bond donors (Lipinski definition) is 1. The fourth-order valence-corrected chi connectivity index (χ4v) is 4.84. The van der Waals surface area contributed by atoms with Gasteiger partial charge in [-0.1, -0.05) is 29.8 Å². The molecule has 230 valence electrons. The summed E-state index contributed by atoms with van der Waals surface area (Å²) in [7, 11) is 0. The number of rotatable bonds is 8. The number of hydrogen-bond acceptors (Lipinski definition) is 14. The summed E-state index contributed by atoms with van der Waals surface area (Å²) >= 11 is 5.62. The van der Waals surface area contributed by atoms with Gasteiger partial charge in [-0.15, -0.1) is 5.10 Å². The van der Waals surface area contributed by atoms with E-state index in [0.717, 1.165) is 52.7 Å². The van der Waals surface area contributed by atoms with Crippen LogP contribution in [-0.4, -0.2) is 79.0 Å². The highest BCUT2D eigenvalue weighted by molar-refractivity contribution is 7.71. The zero-order valence-electron chi connectivity index (χ0n) is 23.9. The van der Waals surface area contributed by atoms with E-state index < -0.39 is 66.7 Å². The first kappa shape index (κ1) is 31.3. The maximum Gasteiger partial charge on any atom is 0.303 e. The van der Waals surface area contributed by atoms with Crippen LogP contribution in [0.2, 0.25) is 0 Å². The van der Waals surface area contributed by atoms with Crippen molar-refractivity contribution in [3.63, 3.8) is 0 Å². The Kier molecular flexibility index (Phi) is 9.24. The van der Waals surface area contributed by atoms with Gasteiger partial charge >= 0.3 is 23.9 Å². The molecule has 2 aromatic heterocycles. The SMILES string of the molecule is CC(=O)OC[C@H]1O[C@@H](n2nc3n(N)c(=O)c(Cc4ccc(C)cc4)nn3c2=S)[C@H](OC(C)=O)[C@@H](OC(C)=O)[C@@H]1OC(C)=O. The molecule has 0 unspecified atom stereocenters. The molecule has 0 aliphatic carbocycles. The van der Waals surface area contributed by atoms with E-state index in [1.54, 1.807) is 0 Å². The van der Waals surface area contributed by atoms with Crippen molar-refractivity contribution in [3.05, 3.63) is 56.2 Å². The molecule has 16 nitrogen and oxygen atoms in total. The number of fused-ring (bicyclic) bond motifs is 1. The number of carbonyl (C=O) groups excluding carboxylic acids is 4. The Morgan fingerprint density at radius 2 is 1.49 bits per heavy atom. The van der Waals surface area contributed by atoms with Gasteiger partial charge in [-0.3, -0.25) is 24.0 Å². The number of aromatic nitrogens is 5. The zero-order valence-corrected chi connectivity index (χ0v) is 24.7. The van der Waals surface area contributed by atoms with E-state index in [-0.39, 0.29) is 22.7 Å². The maximum absolute atomic E-state index is 13.1. The van der Waals surface area contributed by atoms with Gasteiger partial charge in [-0.2, -0.15) is 14.3 Å². The van der Waals surface area contributed by atoms with Gasteiger partial charge in [0.2, 0.25) is 4.77 Å².